The second-order valence-corrected chi connectivity index (χ2v) is 6.67. The van der Waals surface area contributed by atoms with Crippen molar-refractivity contribution in [3.8, 4) is 0 Å². The first-order valence-electron chi connectivity index (χ1n) is 5.78. The van der Waals surface area contributed by atoms with Crippen molar-refractivity contribution >= 4 is 15.7 Å². The quantitative estimate of drug-likeness (QED) is 0.842. The van der Waals surface area contributed by atoms with Crippen LogP contribution in [0, 0.1) is 0 Å². The summed E-state index contributed by atoms with van der Waals surface area (Å²) in [5, 5.41) is 10.7. The summed E-state index contributed by atoms with van der Waals surface area (Å²) in [6.07, 6.45) is -6.37. The minimum absolute atomic E-state index is 0.0709. The molecule has 0 aliphatic carbocycles. The van der Waals surface area contributed by atoms with Crippen molar-refractivity contribution in [1.82, 2.24) is 5.32 Å². The smallest absolute Gasteiger partial charge is 0.382 e. The Kier molecular flexibility index (Phi) is 5.35. The molecule has 0 saturated heterocycles. The van der Waals surface area contributed by atoms with E-state index < -0.39 is 34.6 Å². The van der Waals surface area contributed by atoms with Gasteiger partial charge >= 0.3 is 6.18 Å². The monoisotopic (exact) mass is 325 g/mol. The molecule has 0 aliphatic heterocycles. The van der Waals surface area contributed by atoms with Crippen LogP contribution in [-0.2, 0) is 15.6 Å². The Balaban J connectivity index is 2.64. The fraction of sp³-hybridized carbons (Fsp3) is 0.417. The van der Waals surface area contributed by atoms with E-state index in [-0.39, 0.29) is 11.3 Å². The molecule has 1 unspecified atom stereocenters. The molecule has 0 aromatic heterocycles. The minimum atomic E-state index is -4.80. The predicted molar refractivity (Wildman–Crippen MR) is 69.4 cm³/mol. The van der Waals surface area contributed by atoms with E-state index in [4.69, 9.17) is 5.11 Å². The van der Waals surface area contributed by atoms with Crippen LogP contribution in [0.2, 0.25) is 0 Å². The summed E-state index contributed by atoms with van der Waals surface area (Å²) >= 11 is 0. The van der Waals surface area contributed by atoms with Gasteiger partial charge in [-0.3, -0.25) is 4.79 Å². The first-order valence-corrected chi connectivity index (χ1v) is 7.85. The highest BCUT2D eigenvalue weighted by Gasteiger charge is 2.38. The van der Waals surface area contributed by atoms with E-state index in [1.807, 2.05) is 5.32 Å². The third-order valence-corrected chi connectivity index (χ3v) is 3.34. The molecule has 0 spiro atoms. The lowest BCUT2D eigenvalue weighted by atomic mass is 10.1. The Morgan fingerprint density at radius 3 is 2.24 bits per heavy atom. The number of benzene rings is 1. The van der Waals surface area contributed by atoms with Crippen LogP contribution in [0.25, 0.3) is 0 Å². The molecule has 9 heteroatoms. The lowest BCUT2D eigenvalue weighted by molar-refractivity contribution is -0.201. The van der Waals surface area contributed by atoms with E-state index in [1.54, 1.807) is 0 Å². The maximum Gasteiger partial charge on any atom is 0.416 e. The molecular weight excluding hydrogens is 311 g/mol. The summed E-state index contributed by atoms with van der Waals surface area (Å²) in [4.78, 5) is 11.6. The number of hydrogen-bond acceptors (Lipinski definition) is 4. The van der Waals surface area contributed by atoms with Crippen LogP contribution in [0.3, 0.4) is 0 Å². The molecule has 1 rings (SSSR count). The van der Waals surface area contributed by atoms with Crippen LogP contribution in [0.4, 0.5) is 13.2 Å². The third-order valence-electron chi connectivity index (χ3n) is 2.48. The SMILES string of the molecule is CS(=O)(=O)Cc1ccc(C(=O)NCC(O)C(F)(F)F)cc1. The van der Waals surface area contributed by atoms with Gasteiger partial charge in [0.15, 0.2) is 15.9 Å². The van der Waals surface area contributed by atoms with Gasteiger partial charge in [-0.2, -0.15) is 13.2 Å². The fourth-order valence-corrected chi connectivity index (χ4v) is 2.26. The fourth-order valence-electron chi connectivity index (χ4n) is 1.46. The molecule has 1 aromatic rings. The van der Waals surface area contributed by atoms with Crippen molar-refractivity contribution in [2.24, 2.45) is 0 Å². The normalized spacial score (nSPS) is 13.8. The highest BCUT2D eigenvalue weighted by atomic mass is 32.2. The number of halogens is 3. The van der Waals surface area contributed by atoms with Crippen LogP contribution in [0.5, 0.6) is 0 Å². The van der Waals surface area contributed by atoms with Crippen LogP contribution in [-0.4, -0.2) is 44.5 Å². The lowest BCUT2D eigenvalue weighted by Gasteiger charge is -2.15. The molecule has 21 heavy (non-hydrogen) atoms. The Hall–Kier alpha value is -1.61. The number of sulfone groups is 1. The number of alkyl halides is 3. The zero-order valence-electron chi connectivity index (χ0n) is 11.0. The first kappa shape index (κ1) is 17.4. The molecule has 1 aromatic carbocycles. The molecule has 118 valence electrons. The third kappa shape index (κ3) is 6.13. The van der Waals surface area contributed by atoms with Gasteiger partial charge in [-0.05, 0) is 17.7 Å². The zero-order chi connectivity index (χ0) is 16.3. The highest BCUT2D eigenvalue weighted by molar-refractivity contribution is 7.89. The van der Waals surface area contributed by atoms with Gasteiger partial charge in [0.2, 0.25) is 0 Å². The van der Waals surface area contributed by atoms with Crippen molar-refractivity contribution in [2.75, 3.05) is 12.8 Å². The molecule has 0 radical (unpaired) electrons. The van der Waals surface area contributed by atoms with Gasteiger partial charge < -0.3 is 10.4 Å². The molecule has 0 heterocycles. The molecule has 2 N–H and O–H groups in total. The van der Waals surface area contributed by atoms with Crippen LogP contribution in [0.1, 0.15) is 15.9 Å². The summed E-state index contributed by atoms with van der Waals surface area (Å²) in [5.41, 5.74) is 0.533. The van der Waals surface area contributed by atoms with Crippen molar-refractivity contribution in [1.29, 1.82) is 0 Å². The maximum absolute atomic E-state index is 12.1. The number of hydrogen-bond donors (Lipinski definition) is 2. The minimum Gasteiger partial charge on any atom is -0.382 e. The molecule has 0 aliphatic rings. The van der Waals surface area contributed by atoms with Crippen molar-refractivity contribution in [3.63, 3.8) is 0 Å². The number of nitrogens with one attached hydrogen (secondary N) is 1. The highest BCUT2D eigenvalue weighted by Crippen LogP contribution is 2.19. The summed E-state index contributed by atoms with van der Waals surface area (Å²) in [6.45, 7) is -0.951. The number of aliphatic hydroxyl groups excluding tert-OH is 1. The molecule has 0 saturated carbocycles. The molecule has 5 nitrogen and oxygen atoms in total. The van der Waals surface area contributed by atoms with Crippen molar-refractivity contribution < 1.29 is 31.5 Å². The number of carbonyl (C=O) groups is 1. The number of rotatable bonds is 5. The lowest BCUT2D eigenvalue weighted by Crippen LogP contribution is -2.40. The molecule has 0 bridgehead atoms. The number of amides is 1. The van der Waals surface area contributed by atoms with Gasteiger partial charge in [0, 0.05) is 11.8 Å². The maximum atomic E-state index is 12.1. The average molecular weight is 325 g/mol. The van der Waals surface area contributed by atoms with Gasteiger partial charge in [0.25, 0.3) is 5.91 Å². The molecule has 1 amide bonds. The van der Waals surface area contributed by atoms with Crippen LogP contribution >= 0.6 is 0 Å². The predicted octanol–water partition coefficient (Wildman–Crippen LogP) is 0.884. The number of carbonyl (C=O) groups excluding carboxylic acids is 1. The second kappa shape index (κ2) is 6.44. The van der Waals surface area contributed by atoms with E-state index in [0.717, 1.165) is 6.26 Å². The van der Waals surface area contributed by atoms with Crippen LogP contribution in [0.15, 0.2) is 24.3 Å². The molecule has 0 fully saturated rings. The summed E-state index contributed by atoms with van der Waals surface area (Å²) in [6, 6.07) is 5.40. The van der Waals surface area contributed by atoms with Crippen LogP contribution < -0.4 is 5.32 Å². The Bertz CT molecular complexity index is 596. The van der Waals surface area contributed by atoms with Gasteiger partial charge in [0.05, 0.1) is 12.3 Å². The van der Waals surface area contributed by atoms with E-state index in [0.29, 0.717) is 5.56 Å². The summed E-state index contributed by atoms with van der Waals surface area (Å²) in [7, 11) is -3.21. The first-order chi connectivity index (χ1) is 9.49. The van der Waals surface area contributed by atoms with E-state index in [2.05, 4.69) is 0 Å². The second-order valence-electron chi connectivity index (χ2n) is 4.53. The Labute approximate surface area is 119 Å². The standard InChI is InChI=1S/C12H14F3NO4S/c1-21(19,20)7-8-2-4-9(5-3-8)11(18)16-6-10(17)12(13,14)15/h2-5,10,17H,6-7H2,1H3,(H,16,18). The Morgan fingerprint density at radius 1 is 1.29 bits per heavy atom. The topological polar surface area (TPSA) is 83.5 Å². The van der Waals surface area contributed by atoms with E-state index in [1.165, 1.54) is 24.3 Å². The molecule has 1 atom stereocenters. The van der Waals surface area contributed by atoms with Gasteiger partial charge in [-0.15, -0.1) is 0 Å². The number of aliphatic hydroxyl groups is 1. The van der Waals surface area contributed by atoms with Crippen molar-refractivity contribution in [3.05, 3.63) is 35.4 Å². The van der Waals surface area contributed by atoms with Crippen molar-refractivity contribution in [2.45, 2.75) is 18.0 Å². The summed E-state index contributed by atoms with van der Waals surface area (Å²) in [5.74, 6) is -0.981. The largest absolute Gasteiger partial charge is 0.416 e. The van der Waals surface area contributed by atoms with E-state index in [9.17, 15) is 26.4 Å². The van der Waals surface area contributed by atoms with Gasteiger partial charge in [-0.25, -0.2) is 8.42 Å². The van der Waals surface area contributed by atoms with Gasteiger partial charge in [0.1, 0.15) is 0 Å². The van der Waals surface area contributed by atoms with E-state index >= 15 is 0 Å². The summed E-state index contributed by atoms with van der Waals surface area (Å²) < 4.78 is 58.3. The average Bonchev–Trinajstić information content (AvgIpc) is 2.33. The Morgan fingerprint density at radius 2 is 1.81 bits per heavy atom. The zero-order valence-corrected chi connectivity index (χ0v) is 11.8. The molecular formula is C12H14F3NO4S. The van der Waals surface area contributed by atoms with Gasteiger partial charge in [-0.1, -0.05) is 12.1 Å².